The lowest BCUT2D eigenvalue weighted by Gasteiger charge is -2.23. The normalized spacial score (nSPS) is 23.6. The van der Waals surface area contributed by atoms with E-state index in [1.807, 2.05) is 18.2 Å². The van der Waals surface area contributed by atoms with Crippen LogP contribution in [0.2, 0.25) is 0 Å². The van der Waals surface area contributed by atoms with Crippen LogP contribution in [-0.4, -0.2) is 37.0 Å². The first-order valence-electron chi connectivity index (χ1n) is 12.5. The summed E-state index contributed by atoms with van der Waals surface area (Å²) in [6, 6.07) is 6.62. The average molecular weight is 455 g/mol. The Bertz CT molecular complexity index is 840. The van der Waals surface area contributed by atoms with Gasteiger partial charge in [-0.25, -0.2) is 4.79 Å². The number of hydrogen-bond donors (Lipinski definition) is 2. The second-order valence-corrected chi connectivity index (χ2v) is 9.31. The lowest BCUT2D eigenvalue weighted by molar-refractivity contribution is -0.145. The minimum absolute atomic E-state index is 0.117. The second-order valence-electron chi connectivity index (χ2n) is 9.31. The van der Waals surface area contributed by atoms with Gasteiger partial charge in [-0.1, -0.05) is 61.6 Å². The number of esters is 1. The number of hydrogen-bond acceptors (Lipinski definition) is 4. The van der Waals surface area contributed by atoms with Crippen LogP contribution in [0.15, 0.2) is 35.9 Å². The number of carbonyl (C=O) groups excluding carboxylic acids is 3. The molecular formula is C27H38N2O4. The number of ether oxygens (including phenoxy) is 1. The summed E-state index contributed by atoms with van der Waals surface area (Å²) in [6.07, 6.45) is 14.1. The number of benzene rings is 1. The highest BCUT2D eigenvalue weighted by Crippen LogP contribution is 2.23. The second kappa shape index (κ2) is 13.2. The molecule has 1 aromatic rings. The van der Waals surface area contributed by atoms with Gasteiger partial charge in [-0.3, -0.25) is 9.59 Å². The molecule has 33 heavy (non-hydrogen) atoms. The maximum Gasteiger partial charge on any atom is 0.328 e. The number of amides is 2. The third-order valence-electron chi connectivity index (χ3n) is 6.60. The molecule has 2 aliphatic rings. The monoisotopic (exact) mass is 454 g/mol. The van der Waals surface area contributed by atoms with E-state index in [1.54, 1.807) is 0 Å². The van der Waals surface area contributed by atoms with Crippen LogP contribution in [-0.2, 0) is 32.0 Å². The highest BCUT2D eigenvalue weighted by atomic mass is 16.5. The Morgan fingerprint density at radius 1 is 0.879 bits per heavy atom. The standard InChI is InChI=1S/C27H38N2O4/c1-33-27(32)24-19-22-15-10-14-20(17-22)11-6-3-2-4-9-16-25(30)28-23(26(31)29-24)18-21-12-7-5-8-13-21/h10,14-15,17-18,23-24H,2-9,11-13,16,19H2,1H3,(H,28,30)(H,29,31)/t23-,24-/m0/s1. The first kappa shape index (κ1) is 25.0. The highest BCUT2D eigenvalue weighted by Gasteiger charge is 2.27. The quantitative estimate of drug-likeness (QED) is 0.519. The zero-order valence-electron chi connectivity index (χ0n) is 19.9. The molecule has 0 radical (unpaired) electrons. The van der Waals surface area contributed by atoms with Crippen LogP contribution < -0.4 is 10.6 Å². The van der Waals surface area contributed by atoms with Crippen molar-refractivity contribution in [2.24, 2.45) is 0 Å². The van der Waals surface area contributed by atoms with E-state index in [2.05, 4.69) is 22.8 Å². The lowest BCUT2D eigenvalue weighted by Crippen LogP contribution is -2.52. The number of fused-ring (bicyclic) bond motifs is 2. The molecule has 180 valence electrons. The van der Waals surface area contributed by atoms with Gasteiger partial charge in [0.25, 0.3) is 0 Å². The maximum atomic E-state index is 13.3. The van der Waals surface area contributed by atoms with Crippen molar-refractivity contribution in [3.05, 3.63) is 47.0 Å². The Morgan fingerprint density at radius 2 is 1.52 bits per heavy atom. The molecule has 1 aliphatic heterocycles. The van der Waals surface area contributed by atoms with Crippen molar-refractivity contribution in [2.45, 2.75) is 95.6 Å². The van der Waals surface area contributed by atoms with Crippen molar-refractivity contribution in [2.75, 3.05) is 7.11 Å². The number of rotatable bonds is 2. The first-order valence-corrected chi connectivity index (χ1v) is 12.5. The Labute approximate surface area is 197 Å². The van der Waals surface area contributed by atoms with Crippen LogP contribution in [0.3, 0.4) is 0 Å². The minimum Gasteiger partial charge on any atom is -0.467 e. The molecular weight excluding hydrogens is 416 g/mol. The smallest absolute Gasteiger partial charge is 0.328 e. The highest BCUT2D eigenvalue weighted by molar-refractivity contribution is 5.92. The lowest BCUT2D eigenvalue weighted by atomic mass is 9.93. The van der Waals surface area contributed by atoms with Crippen molar-refractivity contribution in [1.29, 1.82) is 0 Å². The predicted molar refractivity (Wildman–Crippen MR) is 129 cm³/mol. The topological polar surface area (TPSA) is 84.5 Å². The molecule has 0 spiro atoms. The van der Waals surface area contributed by atoms with Gasteiger partial charge in [-0.05, 0) is 56.1 Å². The Balaban J connectivity index is 1.83. The van der Waals surface area contributed by atoms with E-state index in [-0.39, 0.29) is 11.8 Å². The molecule has 1 aromatic carbocycles. The summed E-state index contributed by atoms with van der Waals surface area (Å²) < 4.78 is 4.98. The average Bonchev–Trinajstić information content (AvgIpc) is 2.82. The molecule has 1 aliphatic carbocycles. The van der Waals surface area contributed by atoms with Crippen molar-refractivity contribution < 1.29 is 19.1 Å². The van der Waals surface area contributed by atoms with Gasteiger partial charge in [-0.15, -0.1) is 0 Å². The molecule has 1 fully saturated rings. The predicted octanol–water partition coefficient (Wildman–Crippen LogP) is 4.16. The first-order chi connectivity index (χ1) is 16.0. The fourth-order valence-electron chi connectivity index (χ4n) is 4.73. The van der Waals surface area contributed by atoms with E-state index >= 15 is 0 Å². The Hall–Kier alpha value is -2.63. The minimum atomic E-state index is -0.808. The van der Waals surface area contributed by atoms with Crippen LogP contribution in [0.4, 0.5) is 0 Å². The van der Waals surface area contributed by atoms with Gasteiger partial charge in [0.2, 0.25) is 11.8 Å². The molecule has 1 saturated carbocycles. The van der Waals surface area contributed by atoms with Crippen LogP contribution in [0, 0.1) is 0 Å². The van der Waals surface area contributed by atoms with Gasteiger partial charge >= 0.3 is 5.97 Å². The molecule has 1 heterocycles. The van der Waals surface area contributed by atoms with E-state index in [0.717, 1.165) is 69.8 Å². The molecule has 3 rings (SSSR count). The van der Waals surface area contributed by atoms with Gasteiger partial charge < -0.3 is 15.4 Å². The molecule has 2 bridgehead atoms. The van der Waals surface area contributed by atoms with E-state index in [1.165, 1.54) is 24.7 Å². The van der Waals surface area contributed by atoms with Gasteiger partial charge in [-0.2, -0.15) is 0 Å². The molecule has 6 nitrogen and oxygen atoms in total. The molecule has 0 unspecified atom stereocenters. The molecule has 0 aromatic heterocycles. The van der Waals surface area contributed by atoms with Crippen molar-refractivity contribution in [3.63, 3.8) is 0 Å². The summed E-state index contributed by atoms with van der Waals surface area (Å²) in [5, 5.41) is 5.77. The third-order valence-corrected chi connectivity index (χ3v) is 6.60. The number of aryl methyl sites for hydroxylation is 1. The molecule has 0 saturated heterocycles. The molecule has 2 N–H and O–H groups in total. The summed E-state index contributed by atoms with van der Waals surface area (Å²) in [6.45, 7) is 0. The van der Waals surface area contributed by atoms with Crippen molar-refractivity contribution >= 4 is 17.8 Å². The number of methoxy groups -OCH3 is 1. The summed E-state index contributed by atoms with van der Waals surface area (Å²) in [5.74, 6) is -0.965. The van der Waals surface area contributed by atoms with E-state index in [4.69, 9.17) is 4.74 Å². The molecule has 6 heteroatoms. The Kier molecular flexibility index (Phi) is 9.98. The van der Waals surface area contributed by atoms with Crippen LogP contribution in [0.1, 0.15) is 81.8 Å². The largest absolute Gasteiger partial charge is 0.467 e. The molecule has 2 atom stereocenters. The SMILES string of the molecule is COC(=O)[C@@H]1Cc2cccc(c2)CCCCCCCC(=O)N[C@@H](C=C2CCCCC2)C(=O)N1. The van der Waals surface area contributed by atoms with E-state index < -0.39 is 18.1 Å². The zero-order chi connectivity index (χ0) is 23.5. The summed E-state index contributed by atoms with van der Waals surface area (Å²) in [7, 11) is 1.33. The summed E-state index contributed by atoms with van der Waals surface area (Å²) in [5.41, 5.74) is 3.43. The van der Waals surface area contributed by atoms with Crippen molar-refractivity contribution in [3.8, 4) is 0 Å². The van der Waals surface area contributed by atoms with Gasteiger partial charge in [0.15, 0.2) is 0 Å². The van der Waals surface area contributed by atoms with E-state index in [9.17, 15) is 14.4 Å². The fraction of sp³-hybridized carbons (Fsp3) is 0.593. The van der Waals surface area contributed by atoms with Gasteiger partial charge in [0, 0.05) is 12.8 Å². The van der Waals surface area contributed by atoms with Crippen molar-refractivity contribution in [1.82, 2.24) is 10.6 Å². The number of carbonyl (C=O) groups is 3. The van der Waals surface area contributed by atoms with Gasteiger partial charge in [0.1, 0.15) is 12.1 Å². The molecule has 2 amide bonds. The maximum absolute atomic E-state index is 13.3. The zero-order valence-corrected chi connectivity index (χ0v) is 19.9. The van der Waals surface area contributed by atoms with Crippen LogP contribution in [0.25, 0.3) is 0 Å². The van der Waals surface area contributed by atoms with Gasteiger partial charge in [0.05, 0.1) is 7.11 Å². The Morgan fingerprint density at radius 3 is 2.27 bits per heavy atom. The van der Waals surface area contributed by atoms with Crippen LogP contribution in [0.5, 0.6) is 0 Å². The van der Waals surface area contributed by atoms with Crippen LogP contribution >= 0.6 is 0 Å². The third kappa shape index (κ3) is 8.34. The fourth-order valence-corrected chi connectivity index (χ4v) is 4.73. The summed E-state index contributed by atoms with van der Waals surface area (Å²) >= 11 is 0. The number of nitrogens with one attached hydrogen (secondary N) is 2. The number of allylic oxidation sites excluding steroid dienone is 1. The summed E-state index contributed by atoms with van der Waals surface area (Å²) in [4.78, 5) is 38.4. The van der Waals surface area contributed by atoms with E-state index in [0.29, 0.717) is 12.8 Å².